The maximum absolute atomic E-state index is 13.0. The maximum atomic E-state index is 13.0. The van der Waals surface area contributed by atoms with E-state index in [0.717, 1.165) is 0 Å². The largest absolute Gasteiger partial charge is 0.495 e. The molecule has 3 heterocycles. The molecule has 0 bridgehead atoms. The number of nitrogens with one attached hydrogen (secondary N) is 1. The fourth-order valence-corrected chi connectivity index (χ4v) is 4.84. The number of anilines is 3. The smallest absolute Gasteiger partial charge is 0.246 e. The van der Waals surface area contributed by atoms with Gasteiger partial charge in [0.1, 0.15) is 16.5 Å². The van der Waals surface area contributed by atoms with Crippen LogP contribution in [-0.2, 0) is 10.0 Å². The Hall–Kier alpha value is -3.24. The highest BCUT2D eigenvalue weighted by Crippen LogP contribution is 2.27. The second kappa shape index (κ2) is 8.64. The Morgan fingerprint density at radius 1 is 0.900 bits per heavy atom. The molecule has 30 heavy (non-hydrogen) atoms. The molecule has 0 saturated carbocycles. The molecular formula is C20H22N6O3S. The predicted octanol–water partition coefficient (Wildman–Crippen LogP) is 2.13. The van der Waals surface area contributed by atoms with Crippen molar-refractivity contribution in [1.29, 1.82) is 0 Å². The van der Waals surface area contributed by atoms with Gasteiger partial charge in [-0.15, -0.1) is 10.2 Å². The second-order valence-electron chi connectivity index (χ2n) is 6.66. The van der Waals surface area contributed by atoms with E-state index < -0.39 is 10.0 Å². The third-order valence-electron chi connectivity index (χ3n) is 4.82. The summed E-state index contributed by atoms with van der Waals surface area (Å²) >= 11 is 0. The van der Waals surface area contributed by atoms with Gasteiger partial charge < -0.3 is 15.0 Å². The molecule has 1 saturated heterocycles. The van der Waals surface area contributed by atoms with Crippen LogP contribution in [0.15, 0.2) is 65.7 Å². The van der Waals surface area contributed by atoms with E-state index in [-0.39, 0.29) is 4.90 Å². The Bertz CT molecular complexity index is 1090. The van der Waals surface area contributed by atoms with Crippen molar-refractivity contribution >= 4 is 27.5 Å². The highest BCUT2D eigenvalue weighted by Gasteiger charge is 2.31. The van der Waals surface area contributed by atoms with Gasteiger partial charge in [-0.05, 0) is 36.4 Å². The zero-order valence-corrected chi connectivity index (χ0v) is 17.3. The molecule has 0 amide bonds. The SMILES string of the molecule is COc1ccccc1S(=O)(=O)N1CCN(c2ccc(Nc3ccccn3)nn2)CC1. The third-order valence-corrected chi connectivity index (χ3v) is 6.76. The number of piperazine rings is 1. The molecule has 1 aliphatic rings. The molecule has 1 N–H and O–H groups in total. The fourth-order valence-electron chi connectivity index (χ4n) is 3.26. The normalized spacial score (nSPS) is 15.0. The molecule has 2 aromatic heterocycles. The molecule has 1 fully saturated rings. The number of nitrogens with zero attached hydrogens (tertiary/aromatic N) is 5. The summed E-state index contributed by atoms with van der Waals surface area (Å²) in [5.41, 5.74) is 0. The van der Waals surface area contributed by atoms with Gasteiger partial charge in [0, 0.05) is 32.4 Å². The molecule has 1 aliphatic heterocycles. The summed E-state index contributed by atoms with van der Waals surface area (Å²) in [6, 6.07) is 15.9. The lowest BCUT2D eigenvalue weighted by Gasteiger charge is -2.34. The average Bonchev–Trinajstić information content (AvgIpc) is 2.80. The van der Waals surface area contributed by atoms with E-state index in [9.17, 15) is 8.42 Å². The highest BCUT2D eigenvalue weighted by atomic mass is 32.2. The lowest BCUT2D eigenvalue weighted by molar-refractivity contribution is 0.373. The van der Waals surface area contributed by atoms with Crippen molar-refractivity contribution in [2.45, 2.75) is 4.90 Å². The predicted molar refractivity (Wildman–Crippen MR) is 114 cm³/mol. The Kier molecular flexibility index (Phi) is 5.77. The Morgan fingerprint density at radius 3 is 2.33 bits per heavy atom. The minimum Gasteiger partial charge on any atom is -0.495 e. The van der Waals surface area contributed by atoms with E-state index in [4.69, 9.17) is 4.74 Å². The van der Waals surface area contributed by atoms with Crippen LogP contribution in [0.3, 0.4) is 0 Å². The summed E-state index contributed by atoms with van der Waals surface area (Å²) in [7, 11) is -2.15. The third kappa shape index (κ3) is 4.19. The van der Waals surface area contributed by atoms with Crippen LogP contribution in [0.1, 0.15) is 0 Å². The first-order valence-electron chi connectivity index (χ1n) is 9.48. The van der Waals surface area contributed by atoms with Crippen molar-refractivity contribution in [2.75, 3.05) is 43.5 Å². The minimum atomic E-state index is -3.62. The van der Waals surface area contributed by atoms with Gasteiger partial charge >= 0.3 is 0 Å². The van der Waals surface area contributed by atoms with E-state index in [1.54, 1.807) is 30.5 Å². The quantitative estimate of drug-likeness (QED) is 0.640. The lowest BCUT2D eigenvalue weighted by Crippen LogP contribution is -2.49. The van der Waals surface area contributed by atoms with Gasteiger partial charge in [-0.3, -0.25) is 0 Å². The Labute approximate surface area is 175 Å². The van der Waals surface area contributed by atoms with Crippen LogP contribution < -0.4 is 15.0 Å². The molecule has 0 spiro atoms. The number of ether oxygens (including phenoxy) is 1. The van der Waals surface area contributed by atoms with Crippen LogP contribution >= 0.6 is 0 Å². The Morgan fingerprint density at radius 2 is 1.67 bits per heavy atom. The first kappa shape index (κ1) is 20.0. The number of rotatable bonds is 6. The average molecular weight is 427 g/mol. The van der Waals surface area contributed by atoms with Gasteiger partial charge in [-0.1, -0.05) is 18.2 Å². The number of benzene rings is 1. The van der Waals surface area contributed by atoms with Crippen LogP contribution in [0.2, 0.25) is 0 Å². The zero-order valence-electron chi connectivity index (χ0n) is 16.5. The van der Waals surface area contributed by atoms with Gasteiger partial charge in [-0.25, -0.2) is 13.4 Å². The molecule has 0 unspecified atom stereocenters. The van der Waals surface area contributed by atoms with E-state index in [1.165, 1.54) is 11.4 Å². The first-order valence-corrected chi connectivity index (χ1v) is 10.9. The summed E-state index contributed by atoms with van der Waals surface area (Å²) < 4.78 is 32.7. The van der Waals surface area contributed by atoms with Crippen LogP contribution in [0, 0.1) is 0 Å². The number of hydrogen-bond donors (Lipinski definition) is 1. The molecular weight excluding hydrogens is 404 g/mol. The van der Waals surface area contributed by atoms with Gasteiger partial charge in [0.25, 0.3) is 0 Å². The second-order valence-corrected chi connectivity index (χ2v) is 8.57. The summed E-state index contributed by atoms with van der Waals surface area (Å²) in [6.07, 6.45) is 1.70. The number of aromatic nitrogens is 3. The van der Waals surface area contributed by atoms with Crippen molar-refractivity contribution < 1.29 is 13.2 Å². The zero-order chi connectivity index (χ0) is 21.0. The molecule has 0 aliphatic carbocycles. The topological polar surface area (TPSA) is 101 Å². The summed E-state index contributed by atoms with van der Waals surface area (Å²) in [4.78, 5) is 6.40. The van der Waals surface area contributed by atoms with Gasteiger partial charge in [0.15, 0.2) is 11.6 Å². The molecule has 0 radical (unpaired) electrons. The van der Waals surface area contributed by atoms with Gasteiger partial charge in [-0.2, -0.15) is 4.31 Å². The van der Waals surface area contributed by atoms with Crippen molar-refractivity contribution in [3.05, 3.63) is 60.8 Å². The van der Waals surface area contributed by atoms with Crippen LogP contribution in [0.5, 0.6) is 5.75 Å². The maximum Gasteiger partial charge on any atom is 0.246 e. The summed E-state index contributed by atoms with van der Waals surface area (Å²) in [5, 5.41) is 11.6. The van der Waals surface area contributed by atoms with Crippen LogP contribution in [0.4, 0.5) is 17.5 Å². The van der Waals surface area contributed by atoms with E-state index in [2.05, 4.69) is 20.5 Å². The fraction of sp³-hybridized carbons (Fsp3) is 0.250. The van der Waals surface area contributed by atoms with Crippen molar-refractivity contribution in [1.82, 2.24) is 19.5 Å². The number of methoxy groups -OCH3 is 1. The summed E-state index contributed by atoms with van der Waals surface area (Å²) in [5.74, 6) is 2.34. The Balaban J connectivity index is 1.41. The molecule has 9 nitrogen and oxygen atoms in total. The van der Waals surface area contributed by atoms with Gasteiger partial charge in [0.05, 0.1) is 7.11 Å². The number of para-hydroxylation sites is 1. The van der Waals surface area contributed by atoms with Crippen molar-refractivity contribution in [2.24, 2.45) is 0 Å². The summed E-state index contributed by atoms with van der Waals surface area (Å²) in [6.45, 7) is 1.76. The molecule has 1 aromatic carbocycles. The number of hydrogen-bond acceptors (Lipinski definition) is 8. The van der Waals surface area contributed by atoms with Gasteiger partial charge in [0.2, 0.25) is 10.0 Å². The molecule has 4 rings (SSSR count). The molecule has 10 heteroatoms. The number of pyridine rings is 1. The van der Waals surface area contributed by atoms with Crippen molar-refractivity contribution in [3.63, 3.8) is 0 Å². The molecule has 0 atom stereocenters. The monoisotopic (exact) mass is 426 g/mol. The minimum absolute atomic E-state index is 0.186. The first-order chi connectivity index (χ1) is 14.6. The van der Waals surface area contributed by atoms with E-state index >= 15 is 0 Å². The number of sulfonamides is 1. The van der Waals surface area contributed by atoms with E-state index in [0.29, 0.717) is 49.4 Å². The highest BCUT2D eigenvalue weighted by molar-refractivity contribution is 7.89. The van der Waals surface area contributed by atoms with Crippen LogP contribution in [-0.4, -0.2) is 61.2 Å². The standard InChI is InChI=1S/C20H22N6O3S/c1-29-16-6-2-3-7-17(16)30(27,28)26-14-12-25(13-15-26)20-10-9-19(23-24-20)22-18-8-4-5-11-21-18/h2-11H,12-15H2,1H3,(H,21,22,23). The lowest BCUT2D eigenvalue weighted by atomic mass is 10.3. The van der Waals surface area contributed by atoms with Crippen molar-refractivity contribution in [3.8, 4) is 5.75 Å². The van der Waals surface area contributed by atoms with Crippen LogP contribution in [0.25, 0.3) is 0 Å². The van der Waals surface area contributed by atoms with E-state index in [1.807, 2.05) is 35.2 Å². The molecule has 3 aromatic rings. The molecule has 156 valence electrons.